The van der Waals surface area contributed by atoms with Gasteiger partial charge in [-0.3, -0.25) is 4.90 Å². The van der Waals surface area contributed by atoms with Crippen molar-refractivity contribution in [3.8, 4) is 11.8 Å². The minimum atomic E-state index is 0.591. The Morgan fingerprint density at radius 3 is 3.00 bits per heavy atom. The van der Waals surface area contributed by atoms with E-state index in [1.807, 2.05) is 18.2 Å². The lowest BCUT2D eigenvalue weighted by molar-refractivity contribution is 0.134. The summed E-state index contributed by atoms with van der Waals surface area (Å²) in [6.45, 7) is 2.79. The second-order valence-corrected chi connectivity index (χ2v) is 5.34. The van der Waals surface area contributed by atoms with E-state index in [-0.39, 0.29) is 0 Å². The Morgan fingerprint density at radius 2 is 2.30 bits per heavy atom. The number of methoxy groups -OCH3 is 1. The average molecular weight is 273 g/mol. The number of hydrogen-bond acceptors (Lipinski definition) is 4. The molecule has 1 heterocycles. The van der Waals surface area contributed by atoms with E-state index in [0.29, 0.717) is 17.4 Å². The fraction of sp³-hybridized carbons (Fsp3) is 0.562. The van der Waals surface area contributed by atoms with Crippen LogP contribution in [0.4, 0.5) is 0 Å². The predicted molar refractivity (Wildman–Crippen MR) is 79.4 cm³/mol. The van der Waals surface area contributed by atoms with Gasteiger partial charge in [0, 0.05) is 12.6 Å². The second kappa shape index (κ2) is 7.28. The molecule has 0 amide bonds. The Kier molecular flexibility index (Phi) is 5.40. The molecule has 1 aromatic rings. The lowest BCUT2D eigenvalue weighted by atomic mass is 9.98. The van der Waals surface area contributed by atoms with Crippen LogP contribution in [-0.4, -0.2) is 31.1 Å². The first-order valence-corrected chi connectivity index (χ1v) is 7.29. The van der Waals surface area contributed by atoms with E-state index in [4.69, 9.17) is 15.7 Å². The SMILES string of the molecule is COc1cc(CN2CCCCC2CCN)ccc1C#N. The summed E-state index contributed by atoms with van der Waals surface area (Å²) in [5.41, 5.74) is 7.51. The van der Waals surface area contributed by atoms with E-state index in [9.17, 15) is 0 Å². The lowest BCUT2D eigenvalue weighted by Gasteiger charge is -2.35. The van der Waals surface area contributed by atoms with E-state index >= 15 is 0 Å². The third-order valence-corrected chi connectivity index (χ3v) is 4.02. The molecule has 1 aromatic carbocycles. The molecular formula is C16H23N3O. The number of rotatable bonds is 5. The maximum atomic E-state index is 9.02. The van der Waals surface area contributed by atoms with Gasteiger partial charge in [0.1, 0.15) is 11.8 Å². The molecule has 0 bridgehead atoms. The highest BCUT2D eigenvalue weighted by molar-refractivity contribution is 5.45. The topological polar surface area (TPSA) is 62.3 Å². The van der Waals surface area contributed by atoms with Crippen LogP contribution in [0.15, 0.2) is 18.2 Å². The Labute approximate surface area is 121 Å². The molecule has 108 valence electrons. The molecule has 1 unspecified atom stereocenters. The van der Waals surface area contributed by atoms with Crippen molar-refractivity contribution in [2.24, 2.45) is 5.73 Å². The zero-order valence-corrected chi connectivity index (χ0v) is 12.1. The smallest absolute Gasteiger partial charge is 0.136 e. The lowest BCUT2D eigenvalue weighted by Crippen LogP contribution is -2.40. The van der Waals surface area contributed by atoms with Gasteiger partial charge in [-0.05, 0) is 50.0 Å². The highest BCUT2D eigenvalue weighted by Crippen LogP contribution is 2.24. The van der Waals surface area contributed by atoms with Gasteiger partial charge in [0.2, 0.25) is 0 Å². The van der Waals surface area contributed by atoms with Crippen LogP contribution in [-0.2, 0) is 6.54 Å². The van der Waals surface area contributed by atoms with Gasteiger partial charge in [0.05, 0.1) is 12.7 Å². The van der Waals surface area contributed by atoms with Gasteiger partial charge in [-0.25, -0.2) is 0 Å². The van der Waals surface area contributed by atoms with Gasteiger partial charge in [-0.1, -0.05) is 12.5 Å². The molecule has 1 saturated heterocycles. The van der Waals surface area contributed by atoms with Crippen molar-refractivity contribution in [3.05, 3.63) is 29.3 Å². The molecule has 2 N–H and O–H groups in total. The van der Waals surface area contributed by atoms with Crippen molar-refractivity contribution in [1.82, 2.24) is 4.90 Å². The van der Waals surface area contributed by atoms with Crippen LogP contribution < -0.4 is 10.5 Å². The van der Waals surface area contributed by atoms with Crippen molar-refractivity contribution in [2.45, 2.75) is 38.3 Å². The number of nitriles is 1. The minimum Gasteiger partial charge on any atom is -0.495 e. The Morgan fingerprint density at radius 1 is 1.45 bits per heavy atom. The van der Waals surface area contributed by atoms with Crippen LogP contribution in [0.2, 0.25) is 0 Å². The summed E-state index contributed by atoms with van der Waals surface area (Å²) < 4.78 is 5.28. The average Bonchev–Trinajstić information content (AvgIpc) is 2.49. The van der Waals surface area contributed by atoms with Crippen LogP contribution in [0.25, 0.3) is 0 Å². The maximum Gasteiger partial charge on any atom is 0.136 e. The monoisotopic (exact) mass is 273 g/mol. The summed E-state index contributed by atoms with van der Waals surface area (Å²) in [6.07, 6.45) is 4.87. The van der Waals surface area contributed by atoms with E-state index < -0.39 is 0 Å². The molecule has 0 spiro atoms. The summed E-state index contributed by atoms with van der Waals surface area (Å²) in [7, 11) is 1.61. The molecule has 4 nitrogen and oxygen atoms in total. The van der Waals surface area contributed by atoms with Gasteiger partial charge in [-0.15, -0.1) is 0 Å². The van der Waals surface area contributed by atoms with Crippen LogP contribution in [0, 0.1) is 11.3 Å². The molecule has 0 radical (unpaired) electrons. The van der Waals surface area contributed by atoms with E-state index in [1.54, 1.807) is 7.11 Å². The minimum absolute atomic E-state index is 0.591. The number of likely N-dealkylation sites (tertiary alicyclic amines) is 1. The fourth-order valence-corrected chi connectivity index (χ4v) is 2.95. The first-order chi connectivity index (χ1) is 9.78. The van der Waals surface area contributed by atoms with Crippen molar-refractivity contribution in [2.75, 3.05) is 20.2 Å². The summed E-state index contributed by atoms with van der Waals surface area (Å²) >= 11 is 0. The molecule has 0 aromatic heterocycles. The van der Waals surface area contributed by atoms with Crippen LogP contribution in [0.5, 0.6) is 5.75 Å². The molecule has 4 heteroatoms. The van der Waals surface area contributed by atoms with E-state index in [2.05, 4.69) is 11.0 Å². The van der Waals surface area contributed by atoms with Gasteiger partial charge < -0.3 is 10.5 Å². The summed E-state index contributed by atoms with van der Waals surface area (Å²) in [4.78, 5) is 2.51. The zero-order chi connectivity index (χ0) is 14.4. The predicted octanol–water partition coefficient (Wildman–Crippen LogP) is 2.27. The molecule has 2 rings (SSSR count). The van der Waals surface area contributed by atoms with E-state index in [0.717, 1.165) is 26.1 Å². The van der Waals surface area contributed by atoms with Gasteiger partial charge in [-0.2, -0.15) is 5.26 Å². The fourth-order valence-electron chi connectivity index (χ4n) is 2.95. The summed E-state index contributed by atoms with van der Waals surface area (Å²) in [6, 6.07) is 8.59. The molecule has 20 heavy (non-hydrogen) atoms. The van der Waals surface area contributed by atoms with Gasteiger partial charge >= 0.3 is 0 Å². The Balaban J connectivity index is 2.10. The Bertz CT molecular complexity index is 479. The summed E-state index contributed by atoms with van der Waals surface area (Å²) in [5, 5.41) is 9.02. The van der Waals surface area contributed by atoms with Gasteiger partial charge in [0.15, 0.2) is 0 Å². The van der Waals surface area contributed by atoms with Crippen molar-refractivity contribution in [1.29, 1.82) is 5.26 Å². The first-order valence-electron chi connectivity index (χ1n) is 7.29. The van der Waals surface area contributed by atoms with Crippen LogP contribution in [0.3, 0.4) is 0 Å². The normalized spacial score (nSPS) is 19.6. The van der Waals surface area contributed by atoms with Crippen LogP contribution >= 0.6 is 0 Å². The number of piperidine rings is 1. The molecule has 1 aliphatic rings. The standard InChI is InChI=1S/C16H23N3O/c1-20-16-10-13(5-6-14(16)11-18)12-19-9-3-2-4-15(19)7-8-17/h5-6,10,15H,2-4,7-9,12,17H2,1H3. The van der Waals surface area contributed by atoms with Crippen LogP contribution in [0.1, 0.15) is 36.8 Å². The zero-order valence-electron chi connectivity index (χ0n) is 12.1. The molecule has 1 atom stereocenters. The second-order valence-electron chi connectivity index (χ2n) is 5.34. The highest BCUT2D eigenvalue weighted by Gasteiger charge is 2.21. The van der Waals surface area contributed by atoms with Crippen molar-refractivity contribution in [3.63, 3.8) is 0 Å². The molecule has 1 fully saturated rings. The summed E-state index contributed by atoms with van der Waals surface area (Å²) in [5.74, 6) is 0.664. The number of nitrogens with two attached hydrogens (primary N) is 1. The van der Waals surface area contributed by atoms with Crippen molar-refractivity contribution < 1.29 is 4.74 Å². The largest absolute Gasteiger partial charge is 0.495 e. The number of nitrogens with zero attached hydrogens (tertiary/aromatic N) is 2. The molecular weight excluding hydrogens is 250 g/mol. The first kappa shape index (κ1) is 14.8. The number of benzene rings is 1. The Hall–Kier alpha value is -1.57. The number of hydrogen-bond donors (Lipinski definition) is 1. The quantitative estimate of drug-likeness (QED) is 0.894. The van der Waals surface area contributed by atoms with Crippen molar-refractivity contribution >= 4 is 0 Å². The molecule has 0 saturated carbocycles. The molecule has 1 aliphatic heterocycles. The third kappa shape index (κ3) is 3.50. The third-order valence-electron chi connectivity index (χ3n) is 4.02. The van der Waals surface area contributed by atoms with Gasteiger partial charge in [0.25, 0.3) is 0 Å². The molecule has 0 aliphatic carbocycles. The number of ether oxygens (including phenoxy) is 1. The highest BCUT2D eigenvalue weighted by atomic mass is 16.5. The van der Waals surface area contributed by atoms with E-state index in [1.165, 1.54) is 24.8 Å². The maximum absolute atomic E-state index is 9.02.